The SMILES string of the molecule is O=[N+]([O-])c1cccc(/C=C/c2nc3cc([N+](=O)[O-])ccc3o2)c1. The fourth-order valence-corrected chi connectivity index (χ4v) is 2.03. The Morgan fingerprint density at radius 2 is 1.70 bits per heavy atom. The van der Waals surface area contributed by atoms with Crippen LogP contribution in [0.2, 0.25) is 0 Å². The lowest BCUT2D eigenvalue weighted by Crippen LogP contribution is -1.87. The van der Waals surface area contributed by atoms with Crippen LogP contribution < -0.4 is 0 Å². The number of fused-ring (bicyclic) bond motifs is 1. The van der Waals surface area contributed by atoms with Gasteiger partial charge in [0.15, 0.2) is 5.58 Å². The summed E-state index contributed by atoms with van der Waals surface area (Å²) in [6.07, 6.45) is 3.16. The highest BCUT2D eigenvalue weighted by molar-refractivity contribution is 5.78. The minimum absolute atomic E-state index is 0.0136. The molecule has 2 aromatic carbocycles. The average Bonchev–Trinajstić information content (AvgIpc) is 2.95. The van der Waals surface area contributed by atoms with Gasteiger partial charge < -0.3 is 4.42 Å². The van der Waals surface area contributed by atoms with Gasteiger partial charge in [0.2, 0.25) is 5.89 Å². The van der Waals surface area contributed by atoms with Crippen LogP contribution in [0.3, 0.4) is 0 Å². The molecule has 0 saturated heterocycles. The lowest BCUT2D eigenvalue weighted by molar-refractivity contribution is -0.385. The first-order chi connectivity index (χ1) is 11.0. The minimum Gasteiger partial charge on any atom is -0.437 e. The molecule has 114 valence electrons. The van der Waals surface area contributed by atoms with Crippen molar-refractivity contribution in [3.05, 3.63) is 74.1 Å². The van der Waals surface area contributed by atoms with E-state index in [2.05, 4.69) is 4.98 Å². The van der Waals surface area contributed by atoms with E-state index in [1.807, 2.05) is 0 Å². The highest BCUT2D eigenvalue weighted by Gasteiger charge is 2.10. The third-order valence-electron chi connectivity index (χ3n) is 3.10. The molecule has 0 aliphatic rings. The third-order valence-corrected chi connectivity index (χ3v) is 3.10. The zero-order chi connectivity index (χ0) is 16.4. The zero-order valence-corrected chi connectivity index (χ0v) is 11.6. The van der Waals surface area contributed by atoms with Crippen LogP contribution in [0.1, 0.15) is 11.5 Å². The van der Waals surface area contributed by atoms with Gasteiger partial charge in [0.05, 0.1) is 9.85 Å². The Bertz CT molecular complexity index is 945. The molecule has 1 heterocycles. The molecule has 0 atom stereocenters. The number of nitro groups is 2. The molecule has 3 aromatic rings. The quantitative estimate of drug-likeness (QED) is 0.534. The molecule has 3 rings (SSSR count). The second-order valence-corrected chi connectivity index (χ2v) is 4.65. The van der Waals surface area contributed by atoms with E-state index in [-0.39, 0.29) is 17.3 Å². The Morgan fingerprint density at radius 1 is 0.957 bits per heavy atom. The number of non-ortho nitro benzene ring substituents is 2. The molecule has 8 nitrogen and oxygen atoms in total. The zero-order valence-electron chi connectivity index (χ0n) is 11.6. The molecule has 0 radical (unpaired) electrons. The summed E-state index contributed by atoms with van der Waals surface area (Å²) < 4.78 is 5.45. The Hall–Kier alpha value is -3.55. The predicted octanol–water partition coefficient (Wildman–Crippen LogP) is 3.81. The molecule has 0 aliphatic heterocycles. The molecule has 8 heteroatoms. The van der Waals surface area contributed by atoms with Crippen LogP contribution in [0.25, 0.3) is 23.3 Å². The van der Waals surface area contributed by atoms with Crippen molar-refractivity contribution in [1.29, 1.82) is 0 Å². The Balaban J connectivity index is 1.90. The van der Waals surface area contributed by atoms with Gasteiger partial charge >= 0.3 is 0 Å². The van der Waals surface area contributed by atoms with Crippen LogP contribution in [0.15, 0.2) is 46.9 Å². The number of aromatic nitrogens is 1. The first kappa shape index (κ1) is 14.4. The molecular formula is C15H9N3O5. The summed E-state index contributed by atoms with van der Waals surface area (Å²) in [4.78, 5) is 24.6. The number of nitrogens with zero attached hydrogens (tertiary/aromatic N) is 3. The summed E-state index contributed by atoms with van der Waals surface area (Å²) in [5.74, 6) is 0.256. The van der Waals surface area contributed by atoms with Gasteiger partial charge in [-0.05, 0) is 17.7 Å². The van der Waals surface area contributed by atoms with Crippen molar-refractivity contribution in [3.8, 4) is 0 Å². The summed E-state index contributed by atoms with van der Waals surface area (Å²) >= 11 is 0. The van der Waals surface area contributed by atoms with E-state index in [4.69, 9.17) is 4.42 Å². The average molecular weight is 311 g/mol. The summed E-state index contributed by atoms with van der Waals surface area (Å²) in [5.41, 5.74) is 1.33. The third kappa shape index (κ3) is 3.05. The normalized spacial score (nSPS) is 11.1. The van der Waals surface area contributed by atoms with Crippen molar-refractivity contribution in [1.82, 2.24) is 4.98 Å². The summed E-state index contributed by atoms with van der Waals surface area (Å²) in [6.45, 7) is 0. The van der Waals surface area contributed by atoms with Gasteiger partial charge in [-0.15, -0.1) is 0 Å². The van der Waals surface area contributed by atoms with Crippen LogP contribution in [0.4, 0.5) is 11.4 Å². The fraction of sp³-hybridized carbons (Fsp3) is 0. The minimum atomic E-state index is -0.507. The molecule has 0 bridgehead atoms. The Morgan fingerprint density at radius 3 is 2.43 bits per heavy atom. The summed E-state index contributed by atoms with van der Waals surface area (Å²) in [5, 5.41) is 21.5. The number of hydrogen-bond acceptors (Lipinski definition) is 6. The van der Waals surface area contributed by atoms with Gasteiger partial charge in [0.25, 0.3) is 11.4 Å². The molecule has 0 saturated carbocycles. The van der Waals surface area contributed by atoms with Gasteiger partial charge in [-0.3, -0.25) is 20.2 Å². The molecule has 23 heavy (non-hydrogen) atoms. The largest absolute Gasteiger partial charge is 0.437 e. The standard InChI is InChI=1S/C15H9N3O5/c19-17(20)11-3-1-2-10(8-11)4-7-15-16-13-9-12(18(21)22)5-6-14(13)23-15/h1-9H/b7-4+. The second kappa shape index (κ2) is 5.68. The lowest BCUT2D eigenvalue weighted by atomic mass is 10.2. The highest BCUT2D eigenvalue weighted by Crippen LogP contribution is 2.22. The van der Waals surface area contributed by atoms with Crippen molar-refractivity contribution in [3.63, 3.8) is 0 Å². The number of hydrogen-bond donors (Lipinski definition) is 0. The molecule has 0 unspecified atom stereocenters. The number of oxazole rings is 1. The van der Waals surface area contributed by atoms with Crippen LogP contribution in [0, 0.1) is 20.2 Å². The number of benzene rings is 2. The molecular weight excluding hydrogens is 302 g/mol. The first-order valence-corrected chi connectivity index (χ1v) is 6.50. The van der Waals surface area contributed by atoms with E-state index in [1.54, 1.807) is 24.3 Å². The van der Waals surface area contributed by atoms with E-state index in [0.717, 1.165) is 0 Å². The van der Waals surface area contributed by atoms with Gasteiger partial charge in [0, 0.05) is 30.3 Å². The van der Waals surface area contributed by atoms with E-state index in [1.165, 1.54) is 30.3 Å². The van der Waals surface area contributed by atoms with Gasteiger partial charge in [-0.25, -0.2) is 4.98 Å². The van der Waals surface area contributed by atoms with Crippen molar-refractivity contribution >= 4 is 34.6 Å². The monoisotopic (exact) mass is 311 g/mol. The Labute approximate surface area is 129 Å². The van der Waals surface area contributed by atoms with Gasteiger partial charge in [0.1, 0.15) is 5.52 Å². The maximum Gasteiger partial charge on any atom is 0.271 e. The molecule has 1 aromatic heterocycles. The smallest absolute Gasteiger partial charge is 0.271 e. The van der Waals surface area contributed by atoms with E-state index >= 15 is 0 Å². The molecule has 0 spiro atoms. The molecule has 0 N–H and O–H groups in total. The van der Waals surface area contributed by atoms with Crippen molar-refractivity contribution < 1.29 is 14.3 Å². The van der Waals surface area contributed by atoms with E-state index < -0.39 is 9.85 Å². The topological polar surface area (TPSA) is 112 Å². The van der Waals surface area contributed by atoms with Crippen molar-refractivity contribution in [2.45, 2.75) is 0 Å². The first-order valence-electron chi connectivity index (χ1n) is 6.50. The van der Waals surface area contributed by atoms with E-state index in [0.29, 0.717) is 16.7 Å². The van der Waals surface area contributed by atoms with Crippen molar-refractivity contribution in [2.75, 3.05) is 0 Å². The van der Waals surface area contributed by atoms with E-state index in [9.17, 15) is 20.2 Å². The summed E-state index contributed by atoms with van der Waals surface area (Å²) in [6, 6.07) is 10.2. The maximum absolute atomic E-state index is 10.7. The number of rotatable bonds is 4. The fourth-order valence-electron chi connectivity index (χ4n) is 2.03. The second-order valence-electron chi connectivity index (χ2n) is 4.65. The lowest BCUT2D eigenvalue weighted by Gasteiger charge is -1.93. The highest BCUT2D eigenvalue weighted by atomic mass is 16.6. The maximum atomic E-state index is 10.7. The van der Waals surface area contributed by atoms with Crippen LogP contribution in [-0.2, 0) is 0 Å². The van der Waals surface area contributed by atoms with Gasteiger partial charge in [-0.1, -0.05) is 12.1 Å². The molecule has 0 amide bonds. The molecule has 0 fully saturated rings. The molecule has 0 aliphatic carbocycles. The van der Waals surface area contributed by atoms with Crippen LogP contribution in [0.5, 0.6) is 0 Å². The van der Waals surface area contributed by atoms with Gasteiger partial charge in [-0.2, -0.15) is 0 Å². The van der Waals surface area contributed by atoms with Crippen LogP contribution in [-0.4, -0.2) is 14.8 Å². The predicted molar refractivity (Wildman–Crippen MR) is 82.7 cm³/mol. The van der Waals surface area contributed by atoms with Crippen LogP contribution >= 0.6 is 0 Å². The van der Waals surface area contributed by atoms with Crippen molar-refractivity contribution in [2.24, 2.45) is 0 Å². The summed E-state index contributed by atoms with van der Waals surface area (Å²) in [7, 11) is 0. The Kier molecular flexibility index (Phi) is 3.55. The number of nitro benzene ring substituents is 2.